The largest absolute Gasteiger partial charge is 0.491 e. The van der Waals surface area contributed by atoms with E-state index < -0.39 is 0 Å². The number of aryl methyl sites for hydroxylation is 1. The molecule has 0 amide bonds. The third-order valence-corrected chi connectivity index (χ3v) is 5.99. The van der Waals surface area contributed by atoms with Crippen LogP contribution < -0.4 is 4.74 Å². The number of hydrogen-bond acceptors (Lipinski definition) is 6. The van der Waals surface area contributed by atoms with Crippen molar-refractivity contribution in [3.63, 3.8) is 0 Å². The van der Waals surface area contributed by atoms with Gasteiger partial charge in [0.1, 0.15) is 22.0 Å². The zero-order chi connectivity index (χ0) is 18.4. The van der Waals surface area contributed by atoms with E-state index in [1.165, 1.54) is 0 Å². The number of amidine groups is 1. The summed E-state index contributed by atoms with van der Waals surface area (Å²) in [6, 6.07) is 7.62. The molecule has 1 aromatic heterocycles. The van der Waals surface area contributed by atoms with Crippen LogP contribution in [0, 0.1) is 6.92 Å². The average molecular weight is 407 g/mol. The molecular formula is C18H16Cl2N4OS. The van der Waals surface area contributed by atoms with Gasteiger partial charge in [-0.25, -0.2) is 20.0 Å². The van der Waals surface area contributed by atoms with E-state index in [-0.39, 0.29) is 22.7 Å². The van der Waals surface area contributed by atoms with Crippen molar-refractivity contribution >= 4 is 45.4 Å². The number of aliphatic imine (C=N–C) groups is 2. The standard InChI is InChI=1S/C18H16Cl2N4OS/c1-8(2)25-11-6-4-10(5-7-11)16-21-9(3)12-13-14(26-17(12)24-16)15(19)23-18(20)22-13/h4-8,13-14H,1-3H3. The molecule has 2 unspecified atom stereocenters. The van der Waals surface area contributed by atoms with Gasteiger partial charge < -0.3 is 4.74 Å². The molecule has 2 atom stereocenters. The van der Waals surface area contributed by atoms with Gasteiger partial charge in [0.15, 0.2) is 5.82 Å². The van der Waals surface area contributed by atoms with Gasteiger partial charge in [0.2, 0.25) is 5.29 Å². The van der Waals surface area contributed by atoms with E-state index in [2.05, 4.69) is 15.0 Å². The second-order valence-electron chi connectivity index (χ2n) is 6.36. The smallest absolute Gasteiger partial charge is 0.219 e. The summed E-state index contributed by atoms with van der Waals surface area (Å²) < 4.78 is 5.69. The van der Waals surface area contributed by atoms with Gasteiger partial charge in [0.05, 0.1) is 11.4 Å². The van der Waals surface area contributed by atoms with Crippen LogP contribution in [0.1, 0.15) is 31.1 Å². The molecule has 5 nitrogen and oxygen atoms in total. The molecule has 8 heteroatoms. The first-order valence-corrected chi connectivity index (χ1v) is 9.85. The number of hydrogen-bond donors (Lipinski definition) is 0. The van der Waals surface area contributed by atoms with E-state index in [9.17, 15) is 0 Å². The fourth-order valence-electron chi connectivity index (χ4n) is 3.01. The SMILES string of the molecule is Cc1nc(-c2ccc(OC(C)C)cc2)nc2c1C1N=C(Cl)N=C(Cl)C1S2. The van der Waals surface area contributed by atoms with Gasteiger partial charge in [0.25, 0.3) is 0 Å². The highest BCUT2D eigenvalue weighted by atomic mass is 35.5. The van der Waals surface area contributed by atoms with Crippen LogP contribution in [0.15, 0.2) is 39.3 Å². The van der Waals surface area contributed by atoms with Crippen molar-refractivity contribution in [1.82, 2.24) is 9.97 Å². The molecule has 0 fully saturated rings. The van der Waals surface area contributed by atoms with E-state index in [1.807, 2.05) is 45.0 Å². The van der Waals surface area contributed by atoms with Crippen molar-refractivity contribution in [1.29, 1.82) is 0 Å². The van der Waals surface area contributed by atoms with E-state index in [0.717, 1.165) is 27.6 Å². The number of fused-ring (bicyclic) bond motifs is 3. The highest BCUT2D eigenvalue weighted by Crippen LogP contribution is 2.49. The molecular weight excluding hydrogens is 391 g/mol. The lowest BCUT2D eigenvalue weighted by molar-refractivity contribution is 0.242. The fraction of sp³-hybridized carbons (Fsp3) is 0.333. The van der Waals surface area contributed by atoms with Crippen LogP contribution in [0.2, 0.25) is 0 Å². The van der Waals surface area contributed by atoms with Gasteiger partial charge in [0, 0.05) is 16.8 Å². The minimum Gasteiger partial charge on any atom is -0.491 e. The molecule has 0 aliphatic carbocycles. The van der Waals surface area contributed by atoms with Crippen LogP contribution >= 0.6 is 35.0 Å². The Balaban J connectivity index is 1.69. The van der Waals surface area contributed by atoms with Crippen molar-refractivity contribution < 1.29 is 4.74 Å². The van der Waals surface area contributed by atoms with Gasteiger partial charge in [-0.1, -0.05) is 23.4 Å². The average Bonchev–Trinajstić information content (AvgIpc) is 2.94. The predicted octanol–water partition coefficient (Wildman–Crippen LogP) is 5.00. The summed E-state index contributed by atoms with van der Waals surface area (Å²) in [5, 5.41) is 1.43. The van der Waals surface area contributed by atoms with Crippen molar-refractivity contribution in [2.75, 3.05) is 0 Å². The van der Waals surface area contributed by atoms with Gasteiger partial charge in [-0.3, -0.25) is 0 Å². The number of aromatic nitrogens is 2. The first kappa shape index (κ1) is 17.8. The van der Waals surface area contributed by atoms with Crippen molar-refractivity contribution in [3.8, 4) is 17.1 Å². The molecule has 0 N–H and O–H groups in total. The van der Waals surface area contributed by atoms with E-state index >= 15 is 0 Å². The summed E-state index contributed by atoms with van der Waals surface area (Å²) in [6.45, 7) is 5.97. The molecule has 2 aliphatic rings. The van der Waals surface area contributed by atoms with Crippen molar-refractivity contribution in [3.05, 3.63) is 35.5 Å². The maximum Gasteiger partial charge on any atom is 0.219 e. The first-order chi connectivity index (χ1) is 12.4. The number of thioether (sulfide) groups is 1. The topological polar surface area (TPSA) is 59.7 Å². The van der Waals surface area contributed by atoms with E-state index in [0.29, 0.717) is 11.0 Å². The Labute approximate surface area is 165 Å². The molecule has 0 spiro atoms. The lowest BCUT2D eigenvalue weighted by Crippen LogP contribution is -2.21. The Morgan fingerprint density at radius 3 is 2.54 bits per heavy atom. The Bertz CT molecular complexity index is 928. The summed E-state index contributed by atoms with van der Waals surface area (Å²) in [7, 11) is 0. The monoisotopic (exact) mass is 406 g/mol. The van der Waals surface area contributed by atoms with Crippen LogP contribution in [0.3, 0.4) is 0 Å². The maximum absolute atomic E-state index is 6.27. The van der Waals surface area contributed by atoms with Crippen LogP contribution in [-0.4, -0.2) is 31.8 Å². The molecule has 0 saturated carbocycles. The minimum atomic E-state index is -0.177. The number of benzene rings is 1. The molecule has 134 valence electrons. The highest BCUT2D eigenvalue weighted by molar-refractivity contribution is 8.01. The predicted molar refractivity (Wildman–Crippen MR) is 107 cm³/mol. The summed E-state index contributed by atoms with van der Waals surface area (Å²) in [6.07, 6.45) is 0.137. The van der Waals surface area contributed by atoms with E-state index in [1.54, 1.807) is 11.8 Å². The van der Waals surface area contributed by atoms with Crippen molar-refractivity contribution in [2.45, 2.75) is 43.2 Å². The fourth-order valence-corrected chi connectivity index (χ4v) is 4.84. The number of rotatable bonds is 3. The van der Waals surface area contributed by atoms with Gasteiger partial charge in [-0.2, -0.15) is 0 Å². The molecule has 1 aromatic carbocycles. The molecule has 26 heavy (non-hydrogen) atoms. The van der Waals surface area contributed by atoms with Gasteiger partial charge in [-0.15, -0.1) is 0 Å². The summed E-state index contributed by atoms with van der Waals surface area (Å²) in [4.78, 5) is 17.9. The highest BCUT2D eigenvalue weighted by Gasteiger charge is 2.41. The Morgan fingerprint density at radius 2 is 1.85 bits per heavy atom. The van der Waals surface area contributed by atoms with Crippen LogP contribution in [0.4, 0.5) is 0 Å². The Morgan fingerprint density at radius 1 is 1.12 bits per heavy atom. The van der Waals surface area contributed by atoms with Gasteiger partial charge in [-0.05, 0) is 56.6 Å². The molecule has 3 heterocycles. The molecule has 2 aromatic rings. The molecule has 4 rings (SSSR count). The number of ether oxygens (including phenoxy) is 1. The van der Waals surface area contributed by atoms with E-state index in [4.69, 9.17) is 32.9 Å². The first-order valence-electron chi connectivity index (χ1n) is 8.22. The zero-order valence-corrected chi connectivity index (χ0v) is 16.7. The number of nitrogens with zero attached hydrogens (tertiary/aromatic N) is 4. The second-order valence-corrected chi connectivity index (χ2v) is 8.21. The summed E-state index contributed by atoms with van der Waals surface area (Å²) in [5.74, 6) is 1.50. The molecule has 0 bridgehead atoms. The van der Waals surface area contributed by atoms with Crippen molar-refractivity contribution in [2.24, 2.45) is 9.98 Å². The lowest BCUT2D eigenvalue weighted by atomic mass is 10.0. The molecule has 0 saturated heterocycles. The maximum atomic E-state index is 6.27. The Hall–Kier alpha value is -1.63. The Kier molecular flexibility index (Phi) is 4.67. The molecule has 0 radical (unpaired) electrons. The number of halogens is 2. The van der Waals surface area contributed by atoms with Gasteiger partial charge >= 0.3 is 0 Å². The quantitative estimate of drug-likeness (QED) is 0.531. The normalized spacial score (nSPS) is 21.2. The third-order valence-electron chi connectivity index (χ3n) is 4.09. The van der Waals surface area contributed by atoms with Crippen LogP contribution in [0.5, 0.6) is 5.75 Å². The second kappa shape index (κ2) is 6.83. The van der Waals surface area contributed by atoms with Crippen LogP contribution in [0.25, 0.3) is 11.4 Å². The summed E-state index contributed by atoms with van der Waals surface area (Å²) in [5.41, 5.74) is 2.80. The minimum absolute atomic E-state index is 0.0840. The lowest BCUT2D eigenvalue weighted by Gasteiger charge is -2.18. The zero-order valence-electron chi connectivity index (χ0n) is 14.4. The third kappa shape index (κ3) is 3.21. The molecule has 2 aliphatic heterocycles. The summed E-state index contributed by atoms with van der Waals surface area (Å²) >= 11 is 13.8. The van der Waals surface area contributed by atoms with Crippen LogP contribution in [-0.2, 0) is 0 Å².